The van der Waals surface area contributed by atoms with Crippen LogP contribution in [0.5, 0.6) is 0 Å². The zero-order chi connectivity index (χ0) is 14.9. The van der Waals surface area contributed by atoms with Gasteiger partial charge in [0.15, 0.2) is 0 Å². The van der Waals surface area contributed by atoms with Gasteiger partial charge in [-0.2, -0.15) is 0 Å². The average molecular weight is 491 g/mol. The first-order chi connectivity index (χ1) is 9.29. The molecule has 0 aliphatic heterocycles. The lowest BCUT2D eigenvalue weighted by Crippen LogP contribution is -2.13. The molecule has 0 saturated heterocycles. The Morgan fingerprint density at radius 1 is 1.20 bits per heavy atom. The molecular weight excluding hydrogens is 483 g/mol. The molecule has 0 bridgehead atoms. The van der Waals surface area contributed by atoms with Gasteiger partial charge in [-0.1, -0.05) is 27.5 Å². The topological polar surface area (TPSA) is 46.2 Å². The van der Waals surface area contributed by atoms with Crippen LogP contribution >= 0.6 is 50.1 Å². The minimum atomic E-state index is -3.81. The van der Waals surface area contributed by atoms with Gasteiger partial charge in [0.05, 0.1) is 15.6 Å². The van der Waals surface area contributed by atoms with Gasteiger partial charge in [0, 0.05) is 8.04 Å². The zero-order valence-corrected chi connectivity index (χ0v) is 15.0. The van der Waals surface area contributed by atoms with Crippen molar-refractivity contribution in [3.63, 3.8) is 0 Å². The fourth-order valence-corrected chi connectivity index (χ4v) is 4.39. The van der Waals surface area contributed by atoms with E-state index in [0.717, 1.165) is 26.2 Å². The molecule has 3 nitrogen and oxygen atoms in total. The fraction of sp³-hybridized carbons (Fsp3) is 0. The molecule has 0 saturated carbocycles. The highest BCUT2D eigenvalue weighted by molar-refractivity contribution is 14.1. The van der Waals surface area contributed by atoms with E-state index in [1.807, 2.05) is 22.6 Å². The van der Waals surface area contributed by atoms with Crippen LogP contribution in [0.25, 0.3) is 0 Å². The van der Waals surface area contributed by atoms with Crippen molar-refractivity contribution in [2.45, 2.75) is 4.90 Å². The van der Waals surface area contributed by atoms with Gasteiger partial charge >= 0.3 is 0 Å². The Kier molecular flexibility index (Phi) is 4.93. The lowest BCUT2D eigenvalue weighted by Gasteiger charge is -2.10. The van der Waals surface area contributed by atoms with Crippen molar-refractivity contribution in [1.29, 1.82) is 0 Å². The summed E-state index contributed by atoms with van der Waals surface area (Å²) in [6.45, 7) is 0. The molecule has 0 aromatic heterocycles. The second kappa shape index (κ2) is 6.17. The first-order valence-electron chi connectivity index (χ1n) is 5.22. The number of nitrogens with one attached hydrogen (secondary N) is 1. The van der Waals surface area contributed by atoms with Crippen molar-refractivity contribution < 1.29 is 12.8 Å². The predicted octanol–water partition coefficient (Wildman–Crippen LogP) is 4.65. The molecule has 2 aromatic carbocycles. The number of sulfonamides is 1. The van der Waals surface area contributed by atoms with E-state index < -0.39 is 15.8 Å². The summed E-state index contributed by atoms with van der Waals surface area (Å²) >= 11 is 10.9. The van der Waals surface area contributed by atoms with E-state index in [9.17, 15) is 12.8 Å². The molecular formula is C12H7BrClFINO2S. The van der Waals surface area contributed by atoms with Gasteiger partial charge in [0.25, 0.3) is 10.0 Å². The second-order valence-electron chi connectivity index (χ2n) is 3.81. The summed E-state index contributed by atoms with van der Waals surface area (Å²) in [6, 6.07) is 8.38. The Hall–Kier alpha value is -0.380. The van der Waals surface area contributed by atoms with E-state index in [0.29, 0.717) is 5.69 Å². The van der Waals surface area contributed by atoms with Crippen LogP contribution in [0.3, 0.4) is 0 Å². The summed E-state index contributed by atoms with van der Waals surface area (Å²) in [5.74, 6) is -0.663. The smallest absolute Gasteiger partial charge is 0.261 e. The number of hydrogen-bond acceptors (Lipinski definition) is 2. The van der Waals surface area contributed by atoms with E-state index in [1.165, 1.54) is 0 Å². The monoisotopic (exact) mass is 489 g/mol. The average Bonchev–Trinajstić information content (AvgIpc) is 2.36. The first kappa shape index (κ1) is 16.0. The van der Waals surface area contributed by atoms with Crippen LogP contribution in [0.4, 0.5) is 10.1 Å². The first-order valence-corrected chi connectivity index (χ1v) is 8.96. The fourth-order valence-electron chi connectivity index (χ4n) is 1.42. The summed E-state index contributed by atoms with van der Waals surface area (Å²) in [5.41, 5.74) is 0.439. The molecule has 2 aromatic rings. The van der Waals surface area contributed by atoms with Gasteiger partial charge in [-0.25, -0.2) is 12.8 Å². The van der Waals surface area contributed by atoms with Crippen molar-refractivity contribution >= 4 is 65.8 Å². The molecule has 0 amide bonds. The molecule has 0 fully saturated rings. The van der Waals surface area contributed by atoms with E-state index in [2.05, 4.69) is 20.7 Å². The third-order valence-corrected chi connectivity index (χ3v) is 5.42. The minimum absolute atomic E-state index is 0.0948. The minimum Gasteiger partial charge on any atom is -0.279 e. The van der Waals surface area contributed by atoms with Gasteiger partial charge in [0.1, 0.15) is 5.82 Å². The molecule has 0 heterocycles. The lowest BCUT2D eigenvalue weighted by molar-refractivity contribution is 0.599. The molecule has 8 heteroatoms. The van der Waals surface area contributed by atoms with Crippen LogP contribution in [0.2, 0.25) is 5.02 Å². The maximum atomic E-state index is 13.1. The van der Waals surface area contributed by atoms with Crippen molar-refractivity contribution in [2.75, 3.05) is 4.72 Å². The molecule has 0 unspecified atom stereocenters. The van der Waals surface area contributed by atoms with Crippen molar-refractivity contribution in [1.82, 2.24) is 0 Å². The van der Waals surface area contributed by atoms with E-state index in [-0.39, 0.29) is 9.92 Å². The Morgan fingerprint density at radius 3 is 2.50 bits per heavy atom. The molecule has 2 rings (SSSR count). The molecule has 0 atom stereocenters. The van der Waals surface area contributed by atoms with Crippen LogP contribution in [0.1, 0.15) is 0 Å². The molecule has 0 aliphatic carbocycles. The number of anilines is 1. The Balaban J connectivity index is 2.38. The maximum absolute atomic E-state index is 13.1. The summed E-state index contributed by atoms with van der Waals surface area (Å²) in [4.78, 5) is -0.0948. The number of hydrogen-bond donors (Lipinski definition) is 1. The SMILES string of the molecule is O=S(=O)(Nc1ccc(Br)cc1I)c1ccc(F)c(Cl)c1. The van der Waals surface area contributed by atoms with Gasteiger partial charge in [-0.15, -0.1) is 0 Å². The second-order valence-corrected chi connectivity index (χ2v) is 7.97. The third-order valence-electron chi connectivity index (χ3n) is 2.38. The Bertz CT molecular complexity index is 770. The van der Waals surface area contributed by atoms with E-state index in [4.69, 9.17) is 11.6 Å². The maximum Gasteiger partial charge on any atom is 0.261 e. The number of halogens is 4. The predicted molar refractivity (Wildman–Crippen MR) is 89.1 cm³/mol. The molecule has 20 heavy (non-hydrogen) atoms. The van der Waals surface area contributed by atoms with Crippen molar-refractivity contribution in [3.8, 4) is 0 Å². The van der Waals surface area contributed by atoms with Crippen molar-refractivity contribution in [2.24, 2.45) is 0 Å². The Labute approximate surface area is 142 Å². The van der Waals surface area contributed by atoms with E-state index in [1.54, 1.807) is 18.2 Å². The quantitative estimate of drug-likeness (QED) is 0.637. The molecule has 0 spiro atoms. The van der Waals surface area contributed by atoms with Crippen LogP contribution in [0, 0.1) is 9.39 Å². The van der Waals surface area contributed by atoms with Gasteiger partial charge in [0.2, 0.25) is 0 Å². The summed E-state index contributed by atoms with van der Waals surface area (Å²) in [5, 5.41) is -0.238. The van der Waals surface area contributed by atoms with Gasteiger partial charge < -0.3 is 0 Å². The summed E-state index contributed by atoms with van der Waals surface area (Å²) in [7, 11) is -3.81. The third kappa shape index (κ3) is 3.63. The summed E-state index contributed by atoms with van der Waals surface area (Å²) in [6.07, 6.45) is 0. The molecule has 106 valence electrons. The summed E-state index contributed by atoms with van der Waals surface area (Å²) < 4.78 is 41.5. The standard InChI is InChI=1S/C12H7BrClFINO2S/c13-7-1-4-12(11(16)5-7)17-20(18,19)8-2-3-10(15)9(14)6-8/h1-6,17H. The Morgan fingerprint density at radius 2 is 1.90 bits per heavy atom. The largest absolute Gasteiger partial charge is 0.279 e. The molecule has 1 N–H and O–H groups in total. The van der Waals surface area contributed by atoms with Crippen LogP contribution in [0.15, 0.2) is 45.8 Å². The highest BCUT2D eigenvalue weighted by Crippen LogP contribution is 2.26. The number of rotatable bonds is 3. The highest BCUT2D eigenvalue weighted by Gasteiger charge is 2.17. The van der Waals surface area contributed by atoms with Crippen molar-refractivity contribution in [3.05, 3.63) is 55.3 Å². The zero-order valence-electron chi connectivity index (χ0n) is 9.70. The molecule has 0 aliphatic rings. The van der Waals surface area contributed by atoms with Gasteiger partial charge in [-0.05, 0) is 59.0 Å². The van der Waals surface area contributed by atoms with E-state index >= 15 is 0 Å². The molecule has 0 radical (unpaired) electrons. The van der Waals surface area contributed by atoms with Gasteiger partial charge in [-0.3, -0.25) is 4.72 Å². The normalized spacial score (nSPS) is 11.4. The van der Waals surface area contributed by atoms with Crippen LogP contribution in [-0.2, 0) is 10.0 Å². The lowest BCUT2D eigenvalue weighted by atomic mass is 10.3. The van der Waals surface area contributed by atoms with Crippen LogP contribution < -0.4 is 4.72 Å². The van der Waals surface area contributed by atoms with Crippen LogP contribution in [-0.4, -0.2) is 8.42 Å². The number of benzene rings is 2. The highest BCUT2D eigenvalue weighted by atomic mass is 127.